The van der Waals surface area contributed by atoms with E-state index in [9.17, 15) is 22.0 Å². The summed E-state index contributed by atoms with van der Waals surface area (Å²) >= 11 is 5.39. The molecule has 0 atom stereocenters. The summed E-state index contributed by atoms with van der Waals surface area (Å²) in [5, 5.41) is -0.699. The summed E-state index contributed by atoms with van der Waals surface area (Å²) in [6.45, 7) is 1.33. The van der Waals surface area contributed by atoms with E-state index in [1.54, 1.807) is 0 Å². The van der Waals surface area contributed by atoms with Crippen molar-refractivity contribution < 1.29 is 22.0 Å². The Kier molecular flexibility index (Phi) is 3.64. The highest BCUT2D eigenvalue weighted by Crippen LogP contribution is 2.32. The van der Waals surface area contributed by atoms with E-state index >= 15 is 0 Å². The molecule has 0 bridgehead atoms. The van der Waals surface area contributed by atoms with Crippen LogP contribution in [0.15, 0.2) is 18.2 Å². The normalized spacial score (nSPS) is 11.8. The maximum atomic E-state index is 13.7. The van der Waals surface area contributed by atoms with Gasteiger partial charge in [0, 0.05) is 5.56 Å². The van der Waals surface area contributed by atoms with Crippen molar-refractivity contribution in [2.75, 3.05) is 0 Å². The average Bonchev–Trinajstić information content (AvgIpc) is 2.34. The lowest BCUT2D eigenvalue weighted by Gasteiger charge is -2.09. The van der Waals surface area contributed by atoms with Crippen molar-refractivity contribution in [3.63, 3.8) is 0 Å². The molecule has 0 aliphatic heterocycles. The molecule has 0 N–H and O–H groups in total. The van der Waals surface area contributed by atoms with E-state index < -0.39 is 40.0 Å². The number of alkyl halides is 3. The molecule has 2 nitrogen and oxygen atoms in total. The van der Waals surface area contributed by atoms with Crippen molar-refractivity contribution >= 4 is 11.6 Å². The van der Waals surface area contributed by atoms with Gasteiger partial charge in [-0.3, -0.25) is 0 Å². The summed E-state index contributed by atoms with van der Waals surface area (Å²) in [6, 6.07) is 2.88. The number of aromatic nitrogens is 2. The number of hydrogen-bond acceptors (Lipinski definition) is 2. The predicted molar refractivity (Wildman–Crippen MR) is 62.1 cm³/mol. The molecule has 0 aliphatic carbocycles. The van der Waals surface area contributed by atoms with E-state index in [-0.39, 0.29) is 5.56 Å². The maximum absolute atomic E-state index is 13.7. The van der Waals surface area contributed by atoms with Crippen molar-refractivity contribution in [3.05, 3.63) is 46.4 Å². The van der Waals surface area contributed by atoms with Crippen LogP contribution in [0.25, 0.3) is 11.3 Å². The lowest BCUT2D eigenvalue weighted by Crippen LogP contribution is -2.09. The number of halogens is 6. The molecule has 0 amide bonds. The molecule has 1 heterocycles. The second-order valence-corrected chi connectivity index (χ2v) is 4.30. The van der Waals surface area contributed by atoms with Crippen molar-refractivity contribution in [2.24, 2.45) is 0 Å². The van der Waals surface area contributed by atoms with Crippen LogP contribution in [0.3, 0.4) is 0 Å². The molecule has 0 fully saturated rings. The first-order valence-electron chi connectivity index (χ1n) is 5.27. The third kappa shape index (κ3) is 2.72. The Morgan fingerprint density at radius 2 is 1.70 bits per heavy atom. The van der Waals surface area contributed by atoms with Crippen molar-refractivity contribution in [3.8, 4) is 11.3 Å². The molecular formula is C12H6ClF5N2. The van der Waals surface area contributed by atoms with Crippen LogP contribution in [0, 0.1) is 18.6 Å². The van der Waals surface area contributed by atoms with Gasteiger partial charge in [0.25, 0.3) is 0 Å². The lowest BCUT2D eigenvalue weighted by atomic mass is 10.1. The topological polar surface area (TPSA) is 25.8 Å². The Hall–Kier alpha value is -1.76. The van der Waals surface area contributed by atoms with Gasteiger partial charge in [-0.1, -0.05) is 6.07 Å². The summed E-state index contributed by atoms with van der Waals surface area (Å²) in [4.78, 5) is 6.51. The molecule has 106 valence electrons. The van der Waals surface area contributed by atoms with Crippen molar-refractivity contribution in [1.82, 2.24) is 9.97 Å². The van der Waals surface area contributed by atoms with Gasteiger partial charge < -0.3 is 0 Å². The Bertz CT molecular complexity index is 670. The van der Waals surface area contributed by atoms with E-state index in [4.69, 9.17) is 11.6 Å². The zero-order chi connectivity index (χ0) is 15.1. The predicted octanol–water partition coefficient (Wildman–Crippen LogP) is 4.40. The van der Waals surface area contributed by atoms with Crippen LogP contribution in [0.2, 0.25) is 5.28 Å². The average molecular weight is 309 g/mol. The number of aryl methyl sites for hydroxylation is 1. The highest BCUT2D eigenvalue weighted by Gasteiger charge is 2.34. The monoisotopic (exact) mass is 308 g/mol. The van der Waals surface area contributed by atoms with Gasteiger partial charge in [0.2, 0.25) is 5.28 Å². The van der Waals surface area contributed by atoms with E-state index in [1.807, 2.05) is 0 Å². The maximum Gasteiger partial charge on any atom is 0.433 e. The quantitative estimate of drug-likeness (QED) is 0.576. The molecule has 2 aromatic rings. The summed E-state index contributed by atoms with van der Waals surface area (Å²) in [7, 11) is 0. The zero-order valence-corrected chi connectivity index (χ0v) is 10.7. The van der Waals surface area contributed by atoms with Gasteiger partial charge in [0.05, 0.1) is 5.69 Å². The summed E-state index contributed by atoms with van der Waals surface area (Å²) in [5.41, 5.74) is -2.15. The molecule has 8 heteroatoms. The molecule has 1 aromatic carbocycles. The Morgan fingerprint density at radius 1 is 1.05 bits per heavy atom. The fraction of sp³-hybridized carbons (Fsp3) is 0.167. The molecular weight excluding hydrogens is 303 g/mol. The summed E-state index contributed by atoms with van der Waals surface area (Å²) < 4.78 is 65.0. The minimum Gasteiger partial charge on any atom is -0.218 e. The molecule has 1 aromatic heterocycles. The number of nitrogens with zero attached hydrogens (tertiary/aromatic N) is 2. The fourth-order valence-electron chi connectivity index (χ4n) is 1.54. The largest absolute Gasteiger partial charge is 0.433 e. The van der Waals surface area contributed by atoms with Gasteiger partial charge in [-0.15, -0.1) is 0 Å². The van der Waals surface area contributed by atoms with E-state index in [2.05, 4.69) is 9.97 Å². The molecule has 0 saturated carbocycles. The SMILES string of the molecule is Cc1ccc(-c2cc(C(F)(F)F)nc(Cl)n2)c(F)c1F. The first-order valence-corrected chi connectivity index (χ1v) is 5.64. The lowest BCUT2D eigenvalue weighted by molar-refractivity contribution is -0.141. The molecule has 0 aliphatic rings. The molecule has 0 radical (unpaired) electrons. The van der Waals surface area contributed by atoms with E-state index in [0.29, 0.717) is 6.07 Å². The van der Waals surface area contributed by atoms with Gasteiger partial charge in [-0.2, -0.15) is 13.2 Å². The van der Waals surface area contributed by atoms with Crippen LogP contribution in [0.4, 0.5) is 22.0 Å². The first-order chi connectivity index (χ1) is 9.20. The zero-order valence-electron chi connectivity index (χ0n) is 9.89. The minimum atomic E-state index is -4.76. The smallest absolute Gasteiger partial charge is 0.218 e. The standard InChI is InChI=1S/C12H6ClF5N2/c1-5-2-3-6(10(15)9(5)14)7-4-8(12(16,17)18)20-11(13)19-7/h2-4H,1H3. The Labute approximate surface area is 115 Å². The van der Waals surface area contributed by atoms with Crippen LogP contribution >= 0.6 is 11.6 Å². The third-order valence-corrected chi connectivity index (χ3v) is 2.71. The first kappa shape index (κ1) is 14.6. The van der Waals surface area contributed by atoms with Crippen LogP contribution < -0.4 is 0 Å². The fourth-order valence-corrected chi connectivity index (χ4v) is 1.73. The second kappa shape index (κ2) is 4.97. The highest BCUT2D eigenvalue weighted by atomic mass is 35.5. The van der Waals surface area contributed by atoms with Crippen molar-refractivity contribution in [2.45, 2.75) is 13.1 Å². The molecule has 0 spiro atoms. The minimum absolute atomic E-state index is 0.0300. The molecule has 0 unspecified atom stereocenters. The van der Waals surface area contributed by atoms with Gasteiger partial charge in [0.15, 0.2) is 11.6 Å². The highest BCUT2D eigenvalue weighted by molar-refractivity contribution is 6.28. The third-order valence-electron chi connectivity index (χ3n) is 2.54. The number of hydrogen-bond donors (Lipinski definition) is 0. The summed E-state index contributed by atoms with van der Waals surface area (Å²) in [6.07, 6.45) is -4.76. The molecule has 2 rings (SSSR count). The molecule has 0 saturated heterocycles. The van der Waals surface area contributed by atoms with E-state index in [1.165, 1.54) is 13.0 Å². The van der Waals surface area contributed by atoms with Crippen LogP contribution in [0.1, 0.15) is 11.3 Å². The Morgan fingerprint density at radius 3 is 2.30 bits per heavy atom. The van der Waals surface area contributed by atoms with Gasteiger partial charge in [-0.05, 0) is 36.2 Å². The number of benzene rings is 1. The summed E-state index contributed by atoms with van der Waals surface area (Å²) in [5.74, 6) is -2.43. The van der Waals surface area contributed by atoms with Gasteiger partial charge in [-0.25, -0.2) is 18.7 Å². The van der Waals surface area contributed by atoms with Gasteiger partial charge >= 0.3 is 6.18 Å². The van der Waals surface area contributed by atoms with Gasteiger partial charge in [0.1, 0.15) is 5.69 Å². The Balaban J connectivity index is 2.65. The van der Waals surface area contributed by atoms with Crippen molar-refractivity contribution in [1.29, 1.82) is 0 Å². The van der Waals surface area contributed by atoms with Crippen LogP contribution in [-0.2, 0) is 6.18 Å². The van der Waals surface area contributed by atoms with Crippen LogP contribution in [-0.4, -0.2) is 9.97 Å². The second-order valence-electron chi connectivity index (χ2n) is 3.96. The molecule has 20 heavy (non-hydrogen) atoms. The van der Waals surface area contributed by atoms with E-state index in [0.717, 1.165) is 6.07 Å². The van der Waals surface area contributed by atoms with Crippen LogP contribution in [0.5, 0.6) is 0 Å². The number of rotatable bonds is 1.